The molecule has 0 unspecified atom stereocenters. The lowest BCUT2D eigenvalue weighted by molar-refractivity contribution is -0.138. The van der Waals surface area contributed by atoms with Gasteiger partial charge in [0.1, 0.15) is 0 Å². The molecule has 0 aliphatic carbocycles. The highest BCUT2D eigenvalue weighted by Gasteiger charge is 2.34. The Morgan fingerprint density at radius 2 is 1.50 bits per heavy atom. The van der Waals surface area contributed by atoms with Gasteiger partial charge in [-0.2, -0.15) is 13.2 Å². The van der Waals surface area contributed by atoms with Gasteiger partial charge in [0.25, 0.3) is 0 Å². The van der Waals surface area contributed by atoms with E-state index >= 15 is 0 Å². The Balaban J connectivity index is 3.33. The lowest BCUT2D eigenvalue weighted by atomic mass is 9.92. The predicted octanol–water partition coefficient (Wildman–Crippen LogP) is 4.95. The second-order valence-corrected chi connectivity index (χ2v) is 4.65. The lowest BCUT2D eigenvalue weighted by Gasteiger charge is -2.18. The van der Waals surface area contributed by atoms with Gasteiger partial charge in [0.05, 0.1) is 5.56 Å². The van der Waals surface area contributed by atoms with E-state index in [1.165, 1.54) is 6.07 Å². The first-order valence-electron chi connectivity index (χ1n) is 5.44. The van der Waals surface area contributed by atoms with E-state index in [0.717, 1.165) is 5.56 Å². The maximum absolute atomic E-state index is 12.9. The second-order valence-electron chi connectivity index (χ2n) is 4.65. The first-order chi connectivity index (χ1) is 7.23. The van der Waals surface area contributed by atoms with E-state index < -0.39 is 11.7 Å². The first-order valence-corrected chi connectivity index (χ1v) is 5.44. The summed E-state index contributed by atoms with van der Waals surface area (Å²) >= 11 is 0. The predicted molar refractivity (Wildman–Crippen MR) is 59.6 cm³/mol. The molecule has 0 aromatic heterocycles. The van der Waals surface area contributed by atoms with Crippen molar-refractivity contribution in [3.63, 3.8) is 0 Å². The standard InChI is InChI=1S/C13H17F3/c1-8(2)10-5-6-11(9(3)4)12(7-10)13(14,15)16/h5-9H,1-4H3. The van der Waals surface area contributed by atoms with Crippen molar-refractivity contribution in [3.05, 3.63) is 34.9 Å². The monoisotopic (exact) mass is 230 g/mol. The summed E-state index contributed by atoms with van der Waals surface area (Å²) in [6.07, 6.45) is -4.26. The summed E-state index contributed by atoms with van der Waals surface area (Å²) in [4.78, 5) is 0. The summed E-state index contributed by atoms with van der Waals surface area (Å²) in [5.74, 6) is 0.000138. The molecule has 0 saturated heterocycles. The van der Waals surface area contributed by atoms with Crippen LogP contribution in [0.5, 0.6) is 0 Å². The van der Waals surface area contributed by atoms with Gasteiger partial charge in [0.2, 0.25) is 0 Å². The molecule has 0 aliphatic heterocycles. The van der Waals surface area contributed by atoms with E-state index in [1.54, 1.807) is 26.0 Å². The average molecular weight is 230 g/mol. The minimum atomic E-state index is -4.26. The Morgan fingerprint density at radius 1 is 0.938 bits per heavy atom. The molecule has 0 heterocycles. The Kier molecular flexibility index (Phi) is 3.66. The Morgan fingerprint density at radius 3 is 1.88 bits per heavy atom. The van der Waals surface area contributed by atoms with Crippen LogP contribution in [0.1, 0.15) is 56.2 Å². The highest BCUT2D eigenvalue weighted by atomic mass is 19.4. The smallest absolute Gasteiger partial charge is 0.166 e. The molecular weight excluding hydrogens is 213 g/mol. The molecule has 0 radical (unpaired) electrons. The SMILES string of the molecule is CC(C)c1ccc(C(C)C)c(C(F)(F)F)c1. The molecule has 3 heteroatoms. The van der Waals surface area contributed by atoms with Crippen molar-refractivity contribution < 1.29 is 13.2 Å². The zero-order valence-electron chi connectivity index (χ0n) is 10.0. The van der Waals surface area contributed by atoms with Gasteiger partial charge in [-0.05, 0) is 29.0 Å². The fourth-order valence-electron chi connectivity index (χ4n) is 1.68. The van der Waals surface area contributed by atoms with E-state index in [4.69, 9.17) is 0 Å². The van der Waals surface area contributed by atoms with Crippen molar-refractivity contribution in [2.24, 2.45) is 0 Å². The van der Waals surface area contributed by atoms with E-state index in [2.05, 4.69) is 0 Å². The number of alkyl halides is 3. The van der Waals surface area contributed by atoms with Crippen LogP contribution in [0.4, 0.5) is 13.2 Å². The van der Waals surface area contributed by atoms with Crippen LogP contribution in [0.15, 0.2) is 18.2 Å². The molecule has 0 aliphatic rings. The first kappa shape index (κ1) is 13.1. The summed E-state index contributed by atoms with van der Waals surface area (Å²) < 4.78 is 38.6. The van der Waals surface area contributed by atoms with Crippen molar-refractivity contribution in [2.75, 3.05) is 0 Å². The van der Waals surface area contributed by atoms with Crippen molar-refractivity contribution in [3.8, 4) is 0 Å². The molecule has 16 heavy (non-hydrogen) atoms. The lowest BCUT2D eigenvalue weighted by Crippen LogP contribution is -2.11. The number of hydrogen-bond donors (Lipinski definition) is 0. The summed E-state index contributed by atoms with van der Waals surface area (Å²) in [5, 5.41) is 0. The number of halogens is 3. The molecule has 1 aromatic carbocycles. The maximum Gasteiger partial charge on any atom is 0.416 e. The van der Waals surface area contributed by atoms with Gasteiger partial charge in [-0.25, -0.2) is 0 Å². The summed E-state index contributed by atoms with van der Waals surface area (Å²) in [6, 6.07) is 4.66. The van der Waals surface area contributed by atoms with Gasteiger partial charge in [-0.15, -0.1) is 0 Å². The fraction of sp³-hybridized carbons (Fsp3) is 0.538. The van der Waals surface area contributed by atoms with Crippen LogP contribution in [0.25, 0.3) is 0 Å². The van der Waals surface area contributed by atoms with Crippen molar-refractivity contribution in [1.82, 2.24) is 0 Å². The van der Waals surface area contributed by atoms with Crippen LogP contribution in [0, 0.1) is 0 Å². The van der Waals surface area contributed by atoms with Gasteiger partial charge in [0.15, 0.2) is 0 Å². The van der Waals surface area contributed by atoms with Crippen molar-refractivity contribution in [2.45, 2.75) is 45.7 Å². The van der Waals surface area contributed by atoms with Crippen LogP contribution in [-0.2, 0) is 6.18 Å². The quantitative estimate of drug-likeness (QED) is 0.674. The molecule has 1 rings (SSSR count). The molecule has 90 valence electrons. The molecule has 0 fully saturated rings. The fourth-order valence-corrected chi connectivity index (χ4v) is 1.68. The average Bonchev–Trinajstić information content (AvgIpc) is 2.15. The van der Waals surface area contributed by atoms with Gasteiger partial charge in [-0.3, -0.25) is 0 Å². The summed E-state index contributed by atoms with van der Waals surface area (Å²) in [5.41, 5.74) is 0.613. The summed E-state index contributed by atoms with van der Waals surface area (Å²) in [7, 11) is 0. The highest BCUT2D eigenvalue weighted by Crippen LogP contribution is 2.36. The molecule has 0 bridgehead atoms. The van der Waals surface area contributed by atoms with Crippen LogP contribution >= 0.6 is 0 Å². The molecule has 0 N–H and O–H groups in total. The molecule has 0 atom stereocenters. The third-order valence-electron chi connectivity index (χ3n) is 2.67. The van der Waals surface area contributed by atoms with Crippen LogP contribution in [-0.4, -0.2) is 0 Å². The Bertz CT molecular complexity index is 362. The highest BCUT2D eigenvalue weighted by molar-refractivity contribution is 5.37. The second kappa shape index (κ2) is 4.48. The summed E-state index contributed by atoms with van der Waals surface area (Å²) in [6.45, 7) is 7.34. The van der Waals surface area contributed by atoms with Gasteiger partial charge in [-0.1, -0.05) is 39.8 Å². The number of rotatable bonds is 2. The minimum Gasteiger partial charge on any atom is -0.166 e. The minimum absolute atomic E-state index is 0.113. The third-order valence-corrected chi connectivity index (χ3v) is 2.67. The largest absolute Gasteiger partial charge is 0.416 e. The maximum atomic E-state index is 12.9. The van der Waals surface area contributed by atoms with Crippen molar-refractivity contribution >= 4 is 0 Å². The Labute approximate surface area is 94.5 Å². The normalized spacial score (nSPS) is 12.6. The van der Waals surface area contributed by atoms with Crippen LogP contribution < -0.4 is 0 Å². The van der Waals surface area contributed by atoms with Gasteiger partial charge >= 0.3 is 6.18 Å². The molecule has 0 spiro atoms. The third kappa shape index (κ3) is 2.77. The molecule has 0 nitrogen and oxygen atoms in total. The van der Waals surface area contributed by atoms with E-state index in [-0.39, 0.29) is 11.8 Å². The number of hydrogen-bond acceptors (Lipinski definition) is 0. The molecule has 0 amide bonds. The van der Waals surface area contributed by atoms with E-state index in [1.807, 2.05) is 13.8 Å². The Hall–Kier alpha value is -0.990. The zero-order chi connectivity index (χ0) is 12.5. The zero-order valence-corrected chi connectivity index (χ0v) is 10.0. The van der Waals surface area contributed by atoms with Crippen LogP contribution in [0.3, 0.4) is 0 Å². The molecule has 0 saturated carbocycles. The van der Waals surface area contributed by atoms with E-state index in [9.17, 15) is 13.2 Å². The van der Waals surface area contributed by atoms with Crippen LogP contribution in [0.2, 0.25) is 0 Å². The van der Waals surface area contributed by atoms with Gasteiger partial charge in [0, 0.05) is 0 Å². The molecule has 1 aromatic rings. The molecular formula is C13H17F3. The van der Waals surface area contributed by atoms with E-state index in [0.29, 0.717) is 5.56 Å². The van der Waals surface area contributed by atoms with Crippen molar-refractivity contribution in [1.29, 1.82) is 0 Å². The van der Waals surface area contributed by atoms with Gasteiger partial charge < -0.3 is 0 Å². The number of benzene rings is 1. The topological polar surface area (TPSA) is 0 Å².